The molecule has 0 fully saturated rings. The molecule has 2 nitrogen and oxygen atoms in total. The zero-order chi connectivity index (χ0) is 12.7. The molecule has 0 heterocycles. The molecule has 0 amide bonds. The summed E-state index contributed by atoms with van der Waals surface area (Å²) in [5.74, 6) is 0.907. The van der Waals surface area contributed by atoms with E-state index in [1.54, 1.807) is 0 Å². The average Bonchev–Trinajstić information content (AvgIpc) is 2.29. The molecule has 1 aromatic carbocycles. The number of likely N-dealkylation sites (N-methyl/N-ethyl adjacent to an activating group) is 1. The molecule has 4 heteroatoms. The van der Waals surface area contributed by atoms with Gasteiger partial charge < -0.3 is 10.1 Å². The molecule has 0 bridgehead atoms. The summed E-state index contributed by atoms with van der Waals surface area (Å²) in [6, 6.07) is 5.99. The van der Waals surface area contributed by atoms with Crippen LogP contribution in [0.5, 0.6) is 5.75 Å². The molecule has 17 heavy (non-hydrogen) atoms. The highest BCUT2D eigenvalue weighted by Gasteiger charge is 2.11. The summed E-state index contributed by atoms with van der Waals surface area (Å²) < 4.78 is 8.05. The standard InChI is InChI=1S/C13H19Br2NO/c1-3-5-11(9-16-4-2)17-13-7-6-10(14)8-12(13)15/h6-8,11,16H,3-5,9H2,1-2H3. The fourth-order valence-electron chi connectivity index (χ4n) is 1.58. The molecular formula is C13H19Br2NO. The van der Waals surface area contributed by atoms with Crippen molar-refractivity contribution in [3.05, 3.63) is 27.1 Å². The summed E-state index contributed by atoms with van der Waals surface area (Å²) in [6.45, 7) is 6.16. The van der Waals surface area contributed by atoms with E-state index in [4.69, 9.17) is 4.74 Å². The topological polar surface area (TPSA) is 21.3 Å². The minimum absolute atomic E-state index is 0.234. The van der Waals surface area contributed by atoms with Gasteiger partial charge in [0.25, 0.3) is 0 Å². The van der Waals surface area contributed by atoms with E-state index in [0.717, 1.165) is 40.6 Å². The van der Waals surface area contributed by atoms with Gasteiger partial charge in [-0.2, -0.15) is 0 Å². The first-order chi connectivity index (χ1) is 8.17. The van der Waals surface area contributed by atoms with Crippen LogP contribution in [0, 0.1) is 0 Å². The molecule has 0 saturated heterocycles. The van der Waals surface area contributed by atoms with E-state index in [1.807, 2.05) is 18.2 Å². The normalized spacial score (nSPS) is 12.5. The molecule has 0 aliphatic carbocycles. The summed E-state index contributed by atoms with van der Waals surface area (Å²) in [5, 5.41) is 3.33. The van der Waals surface area contributed by atoms with Gasteiger partial charge in [0.2, 0.25) is 0 Å². The molecule has 96 valence electrons. The maximum Gasteiger partial charge on any atom is 0.134 e. The highest BCUT2D eigenvalue weighted by atomic mass is 79.9. The minimum Gasteiger partial charge on any atom is -0.488 e. The van der Waals surface area contributed by atoms with Gasteiger partial charge in [0.15, 0.2) is 0 Å². The third-order valence-corrected chi connectivity index (χ3v) is 3.53. The molecular weight excluding hydrogens is 346 g/mol. The van der Waals surface area contributed by atoms with Crippen LogP contribution in [0.3, 0.4) is 0 Å². The highest BCUT2D eigenvalue weighted by molar-refractivity contribution is 9.11. The largest absolute Gasteiger partial charge is 0.488 e. The SMILES string of the molecule is CCCC(CNCC)Oc1ccc(Br)cc1Br. The smallest absolute Gasteiger partial charge is 0.134 e. The van der Waals surface area contributed by atoms with Crippen LogP contribution >= 0.6 is 31.9 Å². The molecule has 0 radical (unpaired) electrons. The maximum atomic E-state index is 6.01. The van der Waals surface area contributed by atoms with Crippen LogP contribution in [0.2, 0.25) is 0 Å². The first-order valence-electron chi connectivity index (χ1n) is 5.99. The Kier molecular flexibility index (Phi) is 7.16. The van der Waals surface area contributed by atoms with E-state index >= 15 is 0 Å². The van der Waals surface area contributed by atoms with Crippen molar-refractivity contribution >= 4 is 31.9 Å². The van der Waals surface area contributed by atoms with Gasteiger partial charge in [0.05, 0.1) is 4.47 Å². The van der Waals surface area contributed by atoms with Crippen LogP contribution in [0.1, 0.15) is 26.7 Å². The molecule has 0 spiro atoms. The molecule has 1 atom stereocenters. The van der Waals surface area contributed by atoms with Crippen molar-refractivity contribution in [3.63, 3.8) is 0 Å². The van der Waals surface area contributed by atoms with Crippen molar-refractivity contribution < 1.29 is 4.74 Å². The summed E-state index contributed by atoms with van der Waals surface area (Å²) in [7, 11) is 0. The van der Waals surface area contributed by atoms with Crippen molar-refractivity contribution in [3.8, 4) is 5.75 Å². The Morgan fingerprint density at radius 2 is 2.06 bits per heavy atom. The predicted molar refractivity (Wildman–Crippen MR) is 79.7 cm³/mol. The lowest BCUT2D eigenvalue weighted by Gasteiger charge is -2.19. The van der Waals surface area contributed by atoms with E-state index in [1.165, 1.54) is 0 Å². The number of hydrogen-bond acceptors (Lipinski definition) is 2. The third-order valence-electron chi connectivity index (χ3n) is 2.42. The van der Waals surface area contributed by atoms with Gasteiger partial charge in [-0.05, 0) is 47.1 Å². The molecule has 0 aromatic heterocycles. The van der Waals surface area contributed by atoms with Gasteiger partial charge >= 0.3 is 0 Å². The monoisotopic (exact) mass is 363 g/mol. The lowest BCUT2D eigenvalue weighted by molar-refractivity contribution is 0.186. The van der Waals surface area contributed by atoms with Crippen LogP contribution in [0.15, 0.2) is 27.1 Å². The van der Waals surface area contributed by atoms with Gasteiger partial charge in [0.1, 0.15) is 11.9 Å². The lowest BCUT2D eigenvalue weighted by atomic mass is 10.2. The van der Waals surface area contributed by atoms with E-state index in [2.05, 4.69) is 51.0 Å². The molecule has 1 aromatic rings. The Morgan fingerprint density at radius 1 is 1.29 bits per heavy atom. The average molecular weight is 365 g/mol. The minimum atomic E-state index is 0.234. The maximum absolute atomic E-state index is 6.01. The van der Waals surface area contributed by atoms with Gasteiger partial charge in [0, 0.05) is 11.0 Å². The Bertz CT molecular complexity index is 344. The zero-order valence-electron chi connectivity index (χ0n) is 10.3. The Labute approximate surface area is 120 Å². The van der Waals surface area contributed by atoms with Crippen LogP contribution in [-0.2, 0) is 0 Å². The van der Waals surface area contributed by atoms with Crippen molar-refractivity contribution in [2.24, 2.45) is 0 Å². The van der Waals surface area contributed by atoms with Crippen LogP contribution in [0.4, 0.5) is 0 Å². The second-order valence-corrected chi connectivity index (χ2v) is 5.68. The van der Waals surface area contributed by atoms with Crippen molar-refractivity contribution in [1.82, 2.24) is 5.32 Å². The van der Waals surface area contributed by atoms with Gasteiger partial charge in [-0.15, -0.1) is 0 Å². The second-order valence-electron chi connectivity index (χ2n) is 3.91. The number of benzene rings is 1. The summed E-state index contributed by atoms with van der Waals surface area (Å²) >= 11 is 6.96. The molecule has 1 unspecified atom stereocenters. The molecule has 1 N–H and O–H groups in total. The third kappa shape index (κ3) is 5.40. The first kappa shape index (κ1) is 15.0. The number of hydrogen-bond donors (Lipinski definition) is 1. The number of nitrogens with one attached hydrogen (secondary N) is 1. The van der Waals surface area contributed by atoms with Crippen LogP contribution in [-0.4, -0.2) is 19.2 Å². The van der Waals surface area contributed by atoms with E-state index in [-0.39, 0.29) is 6.10 Å². The summed E-state index contributed by atoms with van der Waals surface area (Å²) in [5.41, 5.74) is 0. The number of ether oxygens (including phenoxy) is 1. The predicted octanol–water partition coefficient (Wildman–Crippen LogP) is 4.37. The number of halogens is 2. The molecule has 0 saturated carbocycles. The summed E-state index contributed by atoms with van der Waals surface area (Å²) in [6.07, 6.45) is 2.43. The van der Waals surface area contributed by atoms with Crippen molar-refractivity contribution in [2.75, 3.05) is 13.1 Å². The highest BCUT2D eigenvalue weighted by Crippen LogP contribution is 2.29. The van der Waals surface area contributed by atoms with Gasteiger partial charge in [-0.3, -0.25) is 0 Å². The van der Waals surface area contributed by atoms with Crippen LogP contribution < -0.4 is 10.1 Å². The molecule has 0 aliphatic rings. The van der Waals surface area contributed by atoms with Crippen molar-refractivity contribution in [2.45, 2.75) is 32.8 Å². The number of rotatable bonds is 7. The van der Waals surface area contributed by atoms with Gasteiger partial charge in [-0.1, -0.05) is 36.2 Å². The fourth-order valence-corrected chi connectivity index (χ4v) is 2.72. The fraction of sp³-hybridized carbons (Fsp3) is 0.538. The zero-order valence-corrected chi connectivity index (χ0v) is 13.5. The van der Waals surface area contributed by atoms with E-state index in [0.29, 0.717) is 0 Å². The van der Waals surface area contributed by atoms with Crippen LogP contribution in [0.25, 0.3) is 0 Å². The van der Waals surface area contributed by atoms with E-state index < -0.39 is 0 Å². The second kappa shape index (κ2) is 8.11. The lowest BCUT2D eigenvalue weighted by Crippen LogP contribution is -2.31. The van der Waals surface area contributed by atoms with Gasteiger partial charge in [-0.25, -0.2) is 0 Å². The Hall–Kier alpha value is -0.0600. The Balaban J connectivity index is 2.64. The quantitative estimate of drug-likeness (QED) is 0.775. The Morgan fingerprint density at radius 3 is 2.65 bits per heavy atom. The van der Waals surface area contributed by atoms with Crippen molar-refractivity contribution in [1.29, 1.82) is 0 Å². The molecule has 1 rings (SSSR count). The van der Waals surface area contributed by atoms with E-state index in [9.17, 15) is 0 Å². The first-order valence-corrected chi connectivity index (χ1v) is 7.58. The summed E-state index contributed by atoms with van der Waals surface area (Å²) in [4.78, 5) is 0. The molecule has 0 aliphatic heterocycles.